The minimum absolute atomic E-state index is 0.0991. The van der Waals surface area contributed by atoms with Crippen LogP contribution in [0.5, 0.6) is 0 Å². The molecule has 0 bridgehead atoms. The third-order valence-corrected chi connectivity index (χ3v) is 5.83. The Kier molecular flexibility index (Phi) is 5.79. The van der Waals surface area contributed by atoms with Gasteiger partial charge in [-0.15, -0.1) is 0 Å². The summed E-state index contributed by atoms with van der Waals surface area (Å²) >= 11 is 0. The number of rotatable bonds is 7. The fourth-order valence-electron chi connectivity index (χ4n) is 3.26. The van der Waals surface area contributed by atoms with Crippen LogP contribution < -0.4 is 9.62 Å². The molecular formula is C20H23FN2O3S. The van der Waals surface area contributed by atoms with Crippen LogP contribution in [0.15, 0.2) is 42.5 Å². The van der Waals surface area contributed by atoms with Crippen LogP contribution >= 0.6 is 0 Å². The van der Waals surface area contributed by atoms with Gasteiger partial charge in [-0.25, -0.2) is 12.8 Å². The highest BCUT2D eigenvalue weighted by atomic mass is 32.2. The second-order valence-electron chi connectivity index (χ2n) is 6.81. The molecule has 7 heteroatoms. The van der Waals surface area contributed by atoms with Crippen molar-refractivity contribution >= 4 is 27.3 Å². The maximum atomic E-state index is 12.9. The molecule has 1 aliphatic heterocycles. The Hall–Kier alpha value is -2.41. The first-order chi connectivity index (χ1) is 12.8. The first-order valence-corrected chi connectivity index (χ1v) is 10.8. The molecule has 1 aliphatic rings. The van der Waals surface area contributed by atoms with E-state index < -0.39 is 10.0 Å². The van der Waals surface area contributed by atoms with Gasteiger partial charge >= 0.3 is 0 Å². The summed E-state index contributed by atoms with van der Waals surface area (Å²) in [4.78, 5) is 12.2. The summed E-state index contributed by atoms with van der Waals surface area (Å²) in [5, 5.41) is 2.84. The van der Waals surface area contributed by atoms with Crippen molar-refractivity contribution in [1.82, 2.24) is 0 Å². The summed E-state index contributed by atoms with van der Waals surface area (Å²) in [5.74, 6) is -0.347. The minimum atomic E-state index is -3.31. The third kappa shape index (κ3) is 5.07. The van der Waals surface area contributed by atoms with Crippen molar-refractivity contribution in [3.05, 3.63) is 59.4 Å². The largest absolute Gasteiger partial charge is 0.326 e. The molecule has 1 N–H and O–H groups in total. The molecule has 0 radical (unpaired) electrons. The second kappa shape index (κ2) is 8.08. The Morgan fingerprint density at radius 3 is 2.59 bits per heavy atom. The number of fused-ring (bicyclic) bond motifs is 1. The predicted octanol–water partition coefficient (Wildman–Crippen LogP) is 3.50. The predicted molar refractivity (Wildman–Crippen MR) is 105 cm³/mol. The standard InChI is InChI=1S/C20H23FN2O3S/c1-27(25,26)23-13-12-16-8-11-18(14-19(16)23)22-20(24)5-3-2-4-15-6-9-17(21)10-7-15/h6-11,14H,2-5,12-13H2,1H3,(H,22,24). The summed E-state index contributed by atoms with van der Waals surface area (Å²) in [7, 11) is -3.31. The topological polar surface area (TPSA) is 66.5 Å². The average Bonchev–Trinajstić information content (AvgIpc) is 3.04. The number of amides is 1. The zero-order chi connectivity index (χ0) is 19.4. The Bertz CT molecular complexity index is 927. The number of unbranched alkanes of at least 4 members (excludes halogenated alkanes) is 1. The molecule has 0 saturated heterocycles. The molecule has 144 valence electrons. The highest BCUT2D eigenvalue weighted by molar-refractivity contribution is 7.92. The average molecular weight is 390 g/mol. The first-order valence-electron chi connectivity index (χ1n) is 8.98. The summed E-state index contributed by atoms with van der Waals surface area (Å²) in [6.45, 7) is 0.439. The monoisotopic (exact) mass is 390 g/mol. The number of hydrogen-bond donors (Lipinski definition) is 1. The maximum Gasteiger partial charge on any atom is 0.232 e. The molecule has 0 unspecified atom stereocenters. The summed E-state index contributed by atoms with van der Waals surface area (Å²) in [6.07, 6.45) is 4.62. The fourth-order valence-corrected chi connectivity index (χ4v) is 4.21. The maximum absolute atomic E-state index is 12.9. The molecule has 1 amide bonds. The summed E-state index contributed by atoms with van der Waals surface area (Å²) < 4.78 is 38.0. The van der Waals surface area contributed by atoms with E-state index in [-0.39, 0.29) is 11.7 Å². The van der Waals surface area contributed by atoms with Crippen LogP contribution in [0.25, 0.3) is 0 Å². The zero-order valence-corrected chi connectivity index (χ0v) is 16.1. The van der Waals surface area contributed by atoms with Crippen molar-refractivity contribution < 1.29 is 17.6 Å². The van der Waals surface area contributed by atoms with E-state index in [1.807, 2.05) is 6.07 Å². The van der Waals surface area contributed by atoms with E-state index in [1.54, 1.807) is 24.3 Å². The molecule has 27 heavy (non-hydrogen) atoms. The third-order valence-electron chi connectivity index (χ3n) is 4.65. The molecule has 1 heterocycles. The van der Waals surface area contributed by atoms with Crippen LogP contribution in [0.3, 0.4) is 0 Å². The van der Waals surface area contributed by atoms with Gasteiger partial charge in [0, 0.05) is 18.7 Å². The van der Waals surface area contributed by atoms with Crippen molar-refractivity contribution in [1.29, 1.82) is 0 Å². The van der Waals surface area contributed by atoms with E-state index >= 15 is 0 Å². The van der Waals surface area contributed by atoms with Crippen LogP contribution in [-0.4, -0.2) is 27.1 Å². The van der Waals surface area contributed by atoms with Gasteiger partial charge in [-0.05, 0) is 61.1 Å². The van der Waals surface area contributed by atoms with E-state index in [1.165, 1.54) is 22.7 Å². The Labute approximate surface area is 159 Å². The number of anilines is 2. The van der Waals surface area contributed by atoms with E-state index in [0.29, 0.717) is 30.8 Å². The molecule has 2 aromatic rings. The van der Waals surface area contributed by atoms with Crippen LogP contribution in [0, 0.1) is 5.82 Å². The van der Waals surface area contributed by atoms with Crippen molar-refractivity contribution in [2.75, 3.05) is 22.4 Å². The lowest BCUT2D eigenvalue weighted by Crippen LogP contribution is -2.27. The highest BCUT2D eigenvalue weighted by Gasteiger charge is 2.26. The molecule has 0 fully saturated rings. The van der Waals surface area contributed by atoms with E-state index in [2.05, 4.69) is 5.32 Å². The minimum Gasteiger partial charge on any atom is -0.326 e. The Balaban J connectivity index is 1.50. The SMILES string of the molecule is CS(=O)(=O)N1CCc2ccc(NC(=O)CCCCc3ccc(F)cc3)cc21. The molecule has 0 aromatic heterocycles. The van der Waals surface area contributed by atoms with Gasteiger partial charge in [0.2, 0.25) is 15.9 Å². The molecule has 2 aromatic carbocycles. The summed E-state index contributed by atoms with van der Waals surface area (Å²) in [5.41, 5.74) is 3.27. The number of hydrogen-bond acceptors (Lipinski definition) is 3. The molecule has 3 rings (SSSR count). The number of sulfonamides is 1. The number of aryl methyl sites for hydroxylation is 1. The number of nitrogens with one attached hydrogen (secondary N) is 1. The van der Waals surface area contributed by atoms with Crippen molar-refractivity contribution in [2.45, 2.75) is 32.1 Å². The number of carbonyl (C=O) groups is 1. The molecule has 0 atom stereocenters. The molecule has 0 saturated carbocycles. The van der Waals surface area contributed by atoms with E-state index in [4.69, 9.17) is 0 Å². The molecular weight excluding hydrogens is 367 g/mol. The molecule has 5 nitrogen and oxygen atoms in total. The smallest absolute Gasteiger partial charge is 0.232 e. The van der Waals surface area contributed by atoms with Crippen LogP contribution in [0.4, 0.5) is 15.8 Å². The zero-order valence-electron chi connectivity index (χ0n) is 15.2. The quantitative estimate of drug-likeness (QED) is 0.736. The lowest BCUT2D eigenvalue weighted by atomic mass is 10.1. The van der Waals surface area contributed by atoms with Crippen molar-refractivity contribution in [2.24, 2.45) is 0 Å². The second-order valence-corrected chi connectivity index (χ2v) is 8.72. The number of benzene rings is 2. The molecule has 0 spiro atoms. The van der Waals surface area contributed by atoms with Gasteiger partial charge in [0.05, 0.1) is 11.9 Å². The van der Waals surface area contributed by atoms with E-state index in [0.717, 1.165) is 30.4 Å². The highest BCUT2D eigenvalue weighted by Crippen LogP contribution is 2.32. The van der Waals surface area contributed by atoms with Gasteiger partial charge in [0.25, 0.3) is 0 Å². The van der Waals surface area contributed by atoms with Gasteiger partial charge in [0.1, 0.15) is 5.82 Å². The van der Waals surface area contributed by atoms with E-state index in [9.17, 15) is 17.6 Å². The number of halogens is 1. The van der Waals surface area contributed by atoms with Gasteiger partial charge in [-0.3, -0.25) is 9.10 Å². The number of nitrogens with zero attached hydrogens (tertiary/aromatic N) is 1. The summed E-state index contributed by atoms with van der Waals surface area (Å²) in [6, 6.07) is 11.8. The lowest BCUT2D eigenvalue weighted by Gasteiger charge is -2.17. The van der Waals surface area contributed by atoms with Crippen LogP contribution in [0.1, 0.15) is 30.4 Å². The van der Waals surface area contributed by atoms with Gasteiger partial charge < -0.3 is 5.32 Å². The van der Waals surface area contributed by atoms with Crippen LogP contribution in [0.2, 0.25) is 0 Å². The Morgan fingerprint density at radius 1 is 1.15 bits per heavy atom. The van der Waals surface area contributed by atoms with Crippen molar-refractivity contribution in [3.8, 4) is 0 Å². The van der Waals surface area contributed by atoms with Gasteiger partial charge in [-0.2, -0.15) is 0 Å². The van der Waals surface area contributed by atoms with Gasteiger partial charge in [-0.1, -0.05) is 18.2 Å². The van der Waals surface area contributed by atoms with Gasteiger partial charge in [0.15, 0.2) is 0 Å². The Morgan fingerprint density at radius 2 is 1.89 bits per heavy atom. The van der Waals surface area contributed by atoms with Crippen molar-refractivity contribution in [3.63, 3.8) is 0 Å². The molecule has 0 aliphatic carbocycles. The normalized spacial score (nSPS) is 13.5. The number of carbonyl (C=O) groups excluding carboxylic acids is 1. The first kappa shape index (κ1) is 19.4. The van der Waals surface area contributed by atoms with Crippen LogP contribution in [-0.2, 0) is 27.7 Å². The fraction of sp³-hybridized carbons (Fsp3) is 0.350. The lowest BCUT2D eigenvalue weighted by molar-refractivity contribution is -0.116.